The third-order valence-electron chi connectivity index (χ3n) is 7.09. The zero-order chi connectivity index (χ0) is 21.0. The van der Waals surface area contributed by atoms with Gasteiger partial charge in [-0.25, -0.2) is 0 Å². The number of benzene rings is 2. The molecule has 0 bridgehead atoms. The van der Waals surface area contributed by atoms with Crippen LogP contribution in [0, 0.1) is 11.8 Å². The van der Waals surface area contributed by atoms with Gasteiger partial charge < -0.3 is 4.90 Å². The Morgan fingerprint density at radius 3 is 2.35 bits per heavy atom. The highest BCUT2D eigenvalue weighted by atomic mass is 15.1. The summed E-state index contributed by atoms with van der Waals surface area (Å²) >= 11 is 0. The summed E-state index contributed by atoms with van der Waals surface area (Å²) in [6, 6.07) is 20.1. The number of nitrogens with zero attached hydrogens (tertiary/aromatic N) is 1. The average molecular weight is 406 g/mol. The van der Waals surface area contributed by atoms with Gasteiger partial charge >= 0.3 is 0 Å². The Hall–Kier alpha value is -3.06. The lowest BCUT2D eigenvalue weighted by atomic mass is 9.69. The molecule has 3 atom stereocenters. The molecule has 1 nitrogen and oxygen atoms in total. The number of hydrogen-bond acceptors (Lipinski definition) is 1. The Balaban J connectivity index is 1.42. The van der Waals surface area contributed by atoms with Gasteiger partial charge in [0.05, 0.1) is 0 Å². The topological polar surface area (TPSA) is 3.24 Å². The van der Waals surface area contributed by atoms with Crippen molar-refractivity contribution < 1.29 is 0 Å². The third-order valence-corrected chi connectivity index (χ3v) is 7.09. The lowest BCUT2D eigenvalue weighted by Gasteiger charge is -2.36. The van der Waals surface area contributed by atoms with E-state index in [1.165, 1.54) is 41.1 Å². The van der Waals surface area contributed by atoms with Crippen LogP contribution in [0.3, 0.4) is 0 Å². The van der Waals surface area contributed by atoms with Crippen LogP contribution in [0.25, 0.3) is 0 Å². The fraction of sp³-hybridized carbons (Fsp3) is 0.267. The molecule has 0 aliphatic heterocycles. The molecule has 2 aromatic rings. The number of allylic oxidation sites excluding steroid dienone is 10. The molecule has 0 saturated heterocycles. The summed E-state index contributed by atoms with van der Waals surface area (Å²) in [4.78, 5) is 2.41. The van der Waals surface area contributed by atoms with Crippen LogP contribution < -0.4 is 4.90 Å². The van der Waals surface area contributed by atoms with Gasteiger partial charge in [-0.15, -0.1) is 0 Å². The van der Waals surface area contributed by atoms with E-state index in [1.54, 1.807) is 0 Å². The van der Waals surface area contributed by atoms with Crippen LogP contribution >= 0.6 is 0 Å². The predicted molar refractivity (Wildman–Crippen MR) is 132 cm³/mol. The van der Waals surface area contributed by atoms with Crippen molar-refractivity contribution in [2.24, 2.45) is 11.8 Å². The maximum atomic E-state index is 2.41. The van der Waals surface area contributed by atoms with E-state index in [2.05, 4.69) is 115 Å². The van der Waals surface area contributed by atoms with Gasteiger partial charge in [0.1, 0.15) is 0 Å². The molecule has 156 valence electrons. The van der Waals surface area contributed by atoms with Gasteiger partial charge in [0, 0.05) is 17.1 Å². The highest BCUT2D eigenvalue weighted by Crippen LogP contribution is 2.43. The highest BCUT2D eigenvalue weighted by Gasteiger charge is 2.31. The normalized spacial score (nSPS) is 23.0. The summed E-state index contributed by atoms with van der Waals surface area (Å²) in [7, 11) is 0. The van der Waals surface area contributed by atoms with E-state index in [0.717, 1.165) is 12.8 Å². The summed E-state index contributed by atoms with van der Waals surface area (Å²) in [6.45, 7) is 2.41. The Morgan fingerprint density at radius 1 is 0.806 bits per heavy atom. The molecule has 3 aliphatic rings. The lowest BCUT2D eigenvalue weighted by molar-refractivity contribution is 0.325. The van der Waals surface area contributed by atoms with Gasteiger partial charge in [-0.05, 0) is 84.9 Å². The molecule has 0 saturated carbocycles. The van der Waals surface area contributed by atoms with Gasteiger partial charge in [0.25, 0.3) is 0 Å². The summed E-state index contributed by atoms with van der Waals surface area (Å²) in [5.41, 5.74) is 6.79. The summed E-state index contributed by atoms with van der Waals surface area (Å²) in [6.07, 6.45) is 22.8. The minimum Gasteiger partial charge on any atom is -0.314 e. The molecule has 3 aliphatic carbocycles. The molecular formula is C30H31N. The van der Waals surface area contributed by atoms with Gasteiger partial charge in [0.15, 0.2) is 0 Å². The van der Waals surface area contributed by atoms with Gasteiger partial charge in [-0.1, -0.05) is 79.8 Å². The second-order valence-electron chi connectivity index (χ2n) is 8.91. The number of anilines is 2. The summed E-state index contributed by atoms with van der Waals surface area (Å²) in [5.74, 6) is 1.87. The molecular weight excluding hydrogens is 374 g/mol. The summed E-state index contributed by atoms with van der Waals surface area (Å²) in [5, 5.41) is 0. The smallest absolute Gasteiger partial charge is 0.0458 e. The molecule has 1 heteroatoms. The number of para-hydroxylation sites is 1. The fourth-order valence-corrected chi connectivity index (χ4v) is 5.35. The number of hydrogen-bond donors (Lipinski definition) is 0. The first-order valence-electron chi connectivity index (χ1n) is 11.7. The minimum absolute atomic E-state index is 0.543. The van der Waals surface area contributed by atoms with E-state index in [0.29, 0.717) is 17.8 Å². The molecule has 0 amide bonds. The molecule has 3 unspecified atom stereocenters. The van der Waals surface area contributed by atoms with Crippen molar-refractivity contribution in [1.29, 1.82) is 0 Å². The SMILES string of the molecule is CC(c1ccc(N(C2=CC=CCC2)c2ccccc2)cc1)C1CC=CC2=CC=CCC21. The van der Waals surface area contributed by atoms with Crippen molar-refractivity contribution in [2.75, 3.05) is 4.90 Å². The largest absolute Gasteiger partial charge is 0.314 e. The molecule has 5 rings (SSSR count). The van der Waals surface area contributed by atoms with Crippen LogP contribution in [-0.4, -0.2) is 0 Å². The van der Waals surface area contributed by atoms with Crippen LogP contribution in [0.15, 0.2) is 114 Å². The Labute approximate surface area is 186 Å². The van der Waals surface area contributed by atoms with Gasteiger partial charge in [0.2, 0.25) is 0 Å². The van der Waals surface area contributed by atoms with Crippen molar-refractivity contribution in [1.82, 2.24) is 0 Å². The van der Waals surface area contributed by atoms with Gasteiger partial charge in [-0.2, -0.15) is 0 Å². The Bertz CT molecular complexity index is 1050. The van der Waals surface area contributed by atoms with E-state index >= 15 is 0 Å². The molecule has 2 aromatic carbocycles. The molecule has 0 fully saturated rings. The van der Waals surface area contributed by atoms with Crippen molar-refractivity contribution >= 4 is 11.4 Å². The molecule has 31 heavy (non-hydrogen) atoms. The zero-order valence-corrected chi connectivity index (χ0v) is 18.3. The predicted octanol–water partition coefficient (Wildman–Crippen LogP) is 8.24. The molecule has 0 radical (unpaired) electrons. The molecule has 0 heterocycles. The Morgan fingerprint density at radius 2 is 1.58 bits per heavy atom. The standard InChI is InChI=1S/C30H31N/c1-23(29-18-10-12-25-11-8-9-17-30(25)29)24-19-21-28(22-20-24)31(26-13-4-2-5-14-26)27-15-6-3-7-16-27/h2-6,8-15,19-23,29-30H,7,16-18H2,1H3. The zero-order valence-electron chi connectivity index (χ0n) is 18.3. The van der Waals surface area contributed by atoms with Crippen LogP contribution in [0.2, 0.25) is 0 Å². The third kappa shape index (κ3) is 4.10. The first-order valence-corrected chi connectivity index (χ1v) is 11.7. The van der Waals surface area contributed by atoms with E-state index < -0.39 is 0 Å². The molecule has 0 aromatic heterocycles. The molecule has 0 spiro atoms. The Kier molecular flexibility index (Phi) is 5.76. The first kappa shape index (κ1) is 19.9. The van der Waals surface area contributed by atoms with Crippen LogP contribution in [0.5, 0.6) is 0 Å². The second-order valence-corrected chi connectivity index (χ2v) is 8.91. The van der Waals surface area contributed by atoms with Crippen molar-refractivity contribution in [3.05, 3.63) is 120 Å². The minimum atomic E-state index is 0.543. The monoisotopic (exact) mass is 405 g/mol. The second kappa shape index (κ2) is 8.98. The van der Waals surface area contributed by atoms with Crippen LogP contribution in [-0.2, 0) is 0 Å². The van der Waals surface area contributed by atoms with E-state index in [9.17, 15) is 0 Å². The quantitative estimate of drug-likeness (QED) is 0.484. The van der Waals surface area contributed by atoms with E-state index in [1.807, 2.05) is 0 Å². The van der Waals surface area contributed by atoms with Crippen molar-refractivity contribution in [3.8, 4) is 0 Å². The summed E-state index contributed by atoms with van der Waals surface area (Å²) < 4.78 is 0. The van der Waals surface area contributed by atoms with Gasteiger partial charge in [-0.3, -0.25) is 0 Å². The lowest BCUT2D eigenvalue weighted by Crippen LogP contribution is -2.25. The van der Waals surface area contributed by atoms with Crippen LogP contribution in [0.4, 0.5) is 11.4 Å². The maximum absolute atomic E-state index is 2.41. The maximum Gasteiger partial charge on any atom is 0.0458 e. The van der Waals surface area contributed by atoms with E-state index in [4.69, 9.17) is 0 Å². The molecule has 0 N–H and O–H groups in total. The average Bonchev–Trinajstić information content (AvgIpc) is 2.85. The first-order chi connectivity index (χ1) is 15.3. The van der Waals surface area contributed by atoms with E-state index in [-0.39, 0.29) is 0 Å². The number of rotatable bonds is 5. The van der Waals surface area contributed by atoms with Crippen molar-refractivity contribution in [2.45, 2.75) is 38.5 Å². The fourth-order valence-electron chi connectivity index (χ4n) is 5.35. The highest BCUT2D eigenvalue weighted by molar-refractivity contribution is 5.69. The van der Waals surface area contributed by atoms with Crippen LogP contribution in [0.1, 0.15) is 44.1 Å². The van der Waals surface area contributed by atoms with Crippen molar-refractivity contribution in [3.63, 3.8) is 0 Å². The number of fused-ring (bicyclic) bond motifs is 1.